The molecule has 0 aromatic carbocycles. The van der Waals surface area contributed by atoms with Crippen molar-refractivity contribution in [3.05, 3.63) is 0 Å². The fraction of sp³-hybridized carbons (Fsp3) is 0.724. The van der Waals surface area contributed by atoms with Crippen molar-refractivity contribution in [2.45, 2.75) is 77.4 Å². The van der Waals surface area contributed by atoms with E-state index in [0.717, 1.165) is 0 Å². The predicted molar refractivity (Wildman–Crippen MR) is 173 cm³/mol. The zero-order valence-electron chi connectivity index (χ0n) is 28.8. The summed E-state index contributed by atoms with van der Waals surface area (Å²) >= 11 is 0. The van der Waals surface area contributed by atoms with Crippen LogP contribution in [0.5, 0.6) is 5.88 Å². The van der Waals surface area contributed by atoms with Crippen molar-refractivity contribution >= 4 is 49.4 Å². The lowest BCUT2D eigenvalue weighted by Crippen LogP contribution is -2.47. The Bertz CT molecular complexity index is 1360. The summed E-state index contributed by atoms with van der Waals surface area (Å²) in [5.41, 5.74) is 10.6. The zero-order valence-corrected chi connectivity index (χ0v) is 29.6. The Morgan fingerprint density at radius 3 is 2.06 bits per heavy atom. The van der Waals surface area contributed by atoms with Gasteiger partial charge in [0.15, 0.2) is 23.2 Å². The van der Waals surface area contributed by atoms with Crippen LogP contribution in [0.25, 0.3) is 0 Å². The van der Waals surface area contributed by atoms with Gasteiger partial charge in [0.25, 0.3) is 0 Å². The van der Waals surface area contributed by atoms with E-state index in [0.29, 0.717) is 0 Å². The number of methoxy groups -OCH3 is 4. The highest BCUT2D eigenvalue weighted by Gasteiger charge is 2.75. The molecule has 2 heterocycles. The number of aromatic nitrogens is 2. The van der Waals surface area contributed by atoms with Crippen LogP contribution in [0.15, 0.2) is 4.99 Å². The number of carbonyl (C=O) groups excluding carboxylic acids is 3. The summed E-state index contributed by atoms with van der Waals surface area (Å²) in [6, 6.07) is -2.12. The van der Waals surface area contributed by atoms with E-state index in [9.17, 15) is 18.9 Å². The quantitative estimate of drug-likeness (QED) is 0.0742. The van der Waals surface area contributed by atoms with Crippen molar-refractivity contribution in [3.8, 4) is 5.88 Å². The van der Waals surface area contributed by atoms with E-state index in [1.807, 2.05) is 34.6 Å². The first-order chi connectivity index (χ1) is 22.5. The van der Waals surface area contributed by atoms with Crippen LogP contribution in [-0.2, 0) is 42.4 Å². The summed E-state index contributed by atoms with van der Waals surface area (Å²) in [6.45, 7) is 8.91. The molecule has 0 amide bonds. The normalized spacial score (nSPS) is 25.0. The molecule has 1 saturated heterocycles. The van der Waals surface area contributed by atoms with Crippen LogP contribution in [0.1, 0.15) is 47.5 Å². The number of hydrogen-bond donors (Lipinski definition) is 4. The molecule has 1 aromatic heterocycles. The molecule has 6 N–H and O–H groups in total. The Balaban J connectivity index is 1.91. The standard InChI is InChI=1S/C29H48N7O11P/c1-14(2)10-18(25(37)43-8)35-48(40,36-19(11-15(3)4)26(38)44-9)45-13-20(41-6)22-29(47-28(39)46-22)16(5)17(29)12-32-21-23(30)33-27(31)34-24(21)42-7/h12,14-20,22H,10-11,13H2,1-9H3,(H2,35,36,40)(H4,30,31,33,34)/b32-12-/t16?,17?,18?,19?,20?,22?,29-,48?/m0/s1. The van der Waals surface area contributed by atoms with E-state index in [-0.39, 0.29) is 53.9 Å². The fourth-order valence-corrected chi connectivity index (χ4v) is 7.55. The van der Waals surface area contributed by atoms with E-state index in [4.69, 9.17) is 44.4 Å². The van der Waals surface area contributed by atoms with E-state index in [1.165, 1.54) is 34.7 Å². The van der Waals surface area contributed by atoms with Crippen LogP contribution >= 0.6 is 7.67 Å². The molecule has 48 heavy (non-hydrogen) atoms. The number of aliphatic imine (C=N–C) groups is 1. The van der Waals surface area contributed by atoms with Gasteiger partial charge in [-0.1, -0.05) is 34.6 Å². The summed E-state index contributed by atoms with van der Waals surface area (Å²) in [7, 11) is 0.894. The van der Waals surface area contributed by atoms with Gasteiger partial charge in [-0.15, -0.1) is 0 Å². The average Bonchev–Trinajstić information content (AvgIpc) is 3.39. The second kappa shape index (κ2) is 16.2. The Labute approximate surface area is 279 Å². The summed E-state index contributed by atoms with van der Waals surface area (Å²) in [6.07, 6.45) is -1.01. The first-order valence-electron chi connectivity index (χ1n) is 15.4. The Morgan fingerprint density at radius 2 is 1.58 bits per heavy atom. The van der Waals surface area contributed by atoms with Crippen molar-refractivity contribution < 1.29 is 51.9 Å². The highest BCUT2D eigenvalue weighted by atomic mass is 31.2. The molecular weight excluding hydrogens is 653 g/mol. The van der Waals surface area contributed by atoms with E-state index >= 15 is 0 Å². The van der Waals surface area contributed by atoms with Crippen molar-refractivity contribution in [2.24, 2.45) is 28.7 Å². The van der Waals surface area contributed by atoms with Gasteiger partial charge in [-0.25, -0.2) is 15.0 Å². The topological polar surface area (TPSA) is 247 Å². The minimum atomic E-state index is -4.27. The summed E-state index contributed by atoms with van der Waals surface area (Å²) < 4.78 is 52.6. The van der Waals surface area contributed by atoms with Crippen LogP contribution in [0.4, 0.5) is 22.2 Å². The van der Waals surface area contributed by atoms with Crippen LogP contribution in [0.2, 0.25) is 0 Å². The summed E-state index contributed by atoms with van der Waals surface area (Å²) in [4.78, 5) is 50.3. The molecule has 7 atom stereocenters. The second-order valence-electron chi connectivity index (χ2n) is 12.5. The van der Waals surface area contributed by atoms with E-state index in [2.05, 4.69) is 25.1 Å². The maximum Gasteiger partial charge on any atom is 0.509 e. The maximum absolute atomic E-state index is 14.5. The maximum atomic E-state index is 14.5. The third-order valence-electron chi connectivity index (χ3n) is 8.14. The molecule has 2 fully saturated rings. The van der Waals surface area contributed by atoms with Crippen molar-refractivity contribution in [1.29, 1.82) is 0 Å². The lowest BCUT2D eigenvalue weighted by Gasteiger charge is -2.31. The Hall–Kier alpha value is -3.57. The number of hydrogen-bond acceptors (Lipinski definition) is 16. The molecule has 1 spiro atoms. The van der Waals surface area contributed by atoms with Gasteiger partial charge in [0.1, 0.15) is 18.2 Å². The lowest BCUT2D eigenvalue weighted by molar-refractivity contribution is -0.143. The van der Waals surface area contributed by atoms with Crippen LogP contribution in [0, 0.1) is 23.7 Å². The van der Waals surface area contributed by atoms with Crippen LogP contribution in [-0.4, -0.2) is 99.2 Å². The van der Waals surface area contributed by atoms with Crippen molar-refractivity contribution in [2.75, 3.05) is 46.5 Å². The zero-order chi connectivity index (χ0) is 36.0. The Kier molecular flexibility index (Phi) is 13.1. The number of ether oxygens (including phenoxy) is 6. The van der Waals surface area contributed by atoms with Crippen LogP contribution < -0.4 is 26.4 Å². The number of carbonyl (C=O) groups is 3. The molecule has 1 aliphatic heterocycles. The third-order valence-corrected chi connectivity index (χ3v) is 9.96. The third kappa shape index (κ3) is 8.91. The summed E-state index contributed by atoms with van der Waals surface area (Å²) in [5.74, 6) is -2.21. The number of nitrogens with one attached hydrogen (secondary N) is 2. The number of nitrogen functional groups attached to an aromatic ring is 2. The largest absolute Gasteiger partial charge is 0.509 e. The second-order valence-corrected chi connectivity index (χ2v) is 14.3. The van der Waals surface area contributed by atoms with Crippen LogP contribution in [0.3, 0.4) is 0 Å². The van der Waals surface area contributed by atoms with Gasteiger partial charge in [0.2, 0.25) is 11.8 Å². The molecular formula is C29H48N7O11P. The molecule has 3 rings (SSSR count). The molecule has 1 aromatic rings. The fourth-order valence-electron chi connectivity index (χ4n) is 5.73. The number of nitrogens with two attached hydrogens (primary N) is 2. The molecule has 19 heteroatoms. The van der Waals surface area contributed by atoms with Gasteiger partial charge in [-0.2, -0.15) is 9.97 Å². The van der Waals surface area contributed by atoms with Gasteiger partial charge in [-0.3, -0.25) is 19.1 Å². The average molecular weight is 702 g/mol. The highest BCUT2D eigenvalue weighted by Crippen LogP contribution is 2.59. The van der Waals surface area contributed by atoms with Crippen molar-refractivity contribution in [3.63, 3.8) is 0 Å². The minimum Gasteiger partial charge on any atom is -0.479 e. The first kappa shape index (κ1) is 38.9. The molecule has 2 aliphatic rings. The van der Waals surface area contributed by atoms with Gasteiger partial charge < -0.3 is 44.4 Å². The highest BCUT2D eigenvalue weighted by molar-refractivity contribution is 7.54. The number of anilines is 2. The smallest absolute Gasteiger partial charge is 0.479 e. The molecule has 0 radical (unpaired) electrons. The van der Waals surface area contributed by atoms with Gasteiger partial charge in [-0.05, 0) is 24.7 Å². The molecule has 6 unspecified atom stereocenters. The summed E-state index contributed by atoms with van der Waals surface area (Å²) in [5, 5.41) is 5.53. The number of nitrogens with zero attached hydrogens (tertiary/aromatic N) is 3. The van der Waals surface area contributed by atoms with Gasteiger partial charge in [0, 0.05) is 25.2 Å². The van der Waals surface area contributed by atoms with E-state index in [1.54, 1.807) is 0 Å². The number of rotatable bonds is 18. The van der Waals surface area contributed by atoms with Crippen molar-refractivity contribution in [1.82, 2.24) is 20.1 Å². The first-order valence-corrected chi connectivity index (χ1v) is 17.1. The SMILES string of the molecule is COC(=O)C(CC(C)C)NP(=O)(NC(CC(C)C)C(=O)OC)OCC(OC)C1OC(=O)O[C@]12C(C)C2/C=N\c1c(N)nc(N)nc1OC. The molecule has 1 aliphatic carbocycles. The monoisotopic (exact) mass is 701 g/mol. The molecule has 0 bridgehead atoms. The number of esters is 2. The predicted octanol–water partition coefficient (Wildman–Crippen LogP) is 2.39. The molecule has 18 nitrogen and oxygen atoms in total. The molecule has 270 valence electrons. The number of cyclic esters (lactones) is 1. The van der Waals surface area contributed by atoms with E-state index < -0.39 is 68.2 Å². The lowest BCUT2D eigenvalue weighted by atomic mass is 10.0. The molecule has 1 saturated carbocycles. The Morgan fingerprint density at radius 1 is 1.02 bits per heavy atom. The van der Waals surface area contributed by atoms with Gasteiger partial charge in [0.05, 0.1) is 27.9 Å². The van der Waals surface area contributed by atoms with Gasteiger partial charge >= 0.3 is 25.8 Å². The minimum absolute atomic E-state index is 0.00572.